The Morgan fingerprint density at radius 2 is 1.64 bits per heavy atom. The van der Waals surface area contributed by atoms with E-state index in [2.05, 4.69) is 0 Å². The summed E-state index contributed by atoms with van der Waals surface area (Å²) in [5.41, 5.74) is 1.11. The molecule has 0 amide bonds. The van der Waals surface area contributed by atoms with E-state index in [4.69, 9.17) is 14.2 Å². The smallest absolute Gasteiger partial charge is 0.347 e. The van der Waals surface area contributed by atoms with Crippen LogP contribution in [0.2, 0.25) is 0 Å². The lowest BCUT2D eigenvalue weighted by Gasteiger charge is -2.15. The SMILES string of the molecule is CC[C@@H](Oc1ccc(OCc2ccccc2)cc1)C(=O)OC. The van der Waals surface area contributed by atoms with Crippen LogP contribution in [-0.2, 0) is 16.1 Å². The van der Waals surface area contributed by atoms with E-state index in [0.717, 1.165) is 11.3 Å². The van der Waals surface area contributed by atoms with Gasteiger partial charge in [-0.1, -0.05) is 37.3 Å². The predicted octanol–water partition coefficient (Wildman–Crippen LogP) is 3.60. The van der Waals surface area contributed by atoms with Crippen LogP contribution in [0.5, 0.6) is 11.5 Å². The molecule has 22 heavy (non-hydrogen) atoms. The van der Waals surface area contributed by atoms with Crippen molar-refractivity contribution >= 4 is 5.97 Å². The first-order valence-electron chi connectivity index (χ1n) is 7.24. The second-order valence-electron chi connectivity index (χ2n) is 4.78. The van der Waals surface area contributed by atoms with Crippen LogP contribution in [0.15, 0.2) is 54.6 Å². The van der Waals surface area contributed by atoms with Crippen LogP contribution in [0.25, 0.3) is 0 Å². The van der Waals surface area contributed by atoms with Crippen molar-refractivity contribution in [3.63, 3.8) is 0 Å². The third-order valence-electron chi connectivity index (χ3n) is 3.19. The molecule has 1 atom stereocenters. The number of benzene rings is 2. The zero-order valence-electron chi connectivity index (χ0n) is 12.8. The minimum atomic E-state index is -0.582. The molecule has 2 aromatic rings. The average Bonchev–Trinajstić information content (AvgIpc) is 2.59. The molecule has 0 N–H and O–H groups in total. The molecule has 2 rings (SSSR count). The zero-order chi connectivity index (χ0) is 15.8. The number of methoxy groups -OCH3 is 1. The number of ether oxygens (including phenoxy) is 3. The van der Waals surface area contributed by atoms with Crippen LogP contribution in [-0.4, -0.2) is 19.2 Å². The van der Waals surface area contributed by atoms with Crippen LogP contribution in [0.3, 0.4) is 0 Å². The summed E-state index contributed by atoms with van der Waals surface area (Å²) < 4.78 is 16.0. The minimum Gasteiger partial charge on any atom is -0.489 e. The molecular formula is C18H20O4. The summed E-state index contributed by atoms with van der Waals surface area (Å²) >= 11 is 0. The van der Waals surface area contributed by atoms with Gasteiger partial charge in [0.25, 0.3) is 0 Å². The molecule has 0 fully saturated rings. The van der Waals surface area contributed by atoms with Gasteiger partial charge in [0.2, 0.25) is 0 Å². The van der Waals surface area contributed by atoms with Crippen LogP contribution < -0.4 is 9.47 Å². The van der Waals surface area contributed by atoms with Crippen molar-refractivity contribution in [3.8, 4) is 11.5 Å². The predicted molar refractivity (Wildman–Crippen MR) is 83.9 cm³/mol. The fourth-order valence-electron chi connectivity index (χ4n) is 1.95. The van der Waals surface area contributed by atoms with Gasteiger partial charge in [0, 0.05) is 0 Å². The zero-order valence-corrected chi connectivity index (χ0v) is 12.8. The maximum atomic E-state index is 11.5. The molecule has 0 aliphatic carbocycles. The van der Waals surface area contributed by atoms with Crippen molar-refractivity contribution in [2.24, 2.45) is 0 Å². The molecule has 0 saturated carbocycles. The number of carbonyl (C=O) groups is 1. The van der Waals surface area contributed by atoms with Gasteiger partial charge in [-0.25, -0.2) is 4.79 Å². The van der Waals surface area contributed by atoms with Gasteiger partial charge < -0.3 is 14.2 Å². The molecule has 0 saturated heterocycles. The third-order valence-corrected chi connectivity index (χ3v) is 3.19. The van der Waals surface area contributed by atoms with Crippen LogP contribution in [0.1, 0.15) is 18.9 Å². The maximum absolute atomic E-state index is 11.5. The van der Waals surface area contributed by atoms with E-state index in [9.17, 15) is 4.79 Å². The normalized spacial score (nSPS) is 11.5. The standard InChI is InChI=1S/C18H20O4/c1-3-17(18(19)20-2)22-16-11-9-15(10-12-16)21-13-14-7-5-4-6-8-14/h4-12,17H,3,13H2,1-2H3/t17-/m1/s1. The molecule has 0 aliphatic rings. The van der Waals surface area contributed by atoms with E-state index in [1.54, 1.807) is 12.1 Å². The number of hydrogen-bond acceptors (Lipinski definition) is 4. The van der Waals surface area contributed by atoms with Gasteiger partial charge in [-0.15, -0.1) is 0 Å². The highest BCUT2D eigenvalue weighted by molar-refractivity contribution is 5.74. The molecule has 0 heterocycles. The molecule has 4 heteroatoms. The molecule has 0 spiro atoms. The summed E-state index contributed by atoms with van der Waals surface area (Å²) in [7, 11) is 1.36. The Kier molecular flexibility index (Phi) is 5.83. The van der Waals surface area contributed by atoms with Gasteiger partial charge in [-0.05, 0) is 36.2 Å². The fraction of sp³-hybridized carbons (Fsp3) is 0.278. The molecule has 0 unspecified atom stereocenters. The lowest BCUT2D eigenvalue weighted by Crippen LogP contribution is -2.27. The molecule has 2 aromatic carbocycles. The highest BCUT2D eigenvalue weighted by Gasteiger charge is 2.18. The Bertz CT molecular complexity index is 578. The van der Waals surface area contributed by atoms with E-state index in [0.29, 0.717) is 18.8 Å². The summed E-state index contributed by atoms with van der Waals surface area (Å²) in [5.74, 6) is 0.999. The third kappa shape index (κ3) is 4.52. The topological polar surface area (TPSA) is 44.8 Å². The second kappa shape index (κ2) is 8.08. The largest absolute Gasteiger partial charge is 0.489 e. The van der Waals surface area contributed by atoms with Crippen LogP contribution in [0, 0.1) is 0 Å². The van der Waals surface area contributed by atoms with Crippen molar-refractivity contribution in [2.45, 2.75) is 26.1 Å². The first-order valence-corrected chi connectivity index (χ1v) is 7.24. The maximum Gasteiger partial charge on any atom is 0.347 e. The summed E-state index contributed by atoms with van der Waals surface area (Å²) in [6.45, 7) is 2.39. The summed E-state index contributed by atoms with van der Waals surface area (Å²) in [4.78, 5) is 11.5. The van der Waals surface area contributed by atoms with Gasteiger partial charge in [-0.2, -0.15) is 0 Å². The number of hydrogen-bond donors (Lipinski definition) is 0. The van der Waals surface area contributed by atoms with Gasteiger partial charge in [0.1, 0.15) is 18.1 Å². The molecule has 0 aromatic heterocycles. The molecule has 116 valence electrons. The van der Waals surface area contributed by atoms with Crippen molar-refractivity contribution < 1.29 is 19.0 Å². The lowest BCUT2D eigenvalue weighted by atomic mass is 10.2. The Hall–Kier alpha value is -2.49. The minimum absolute atomic E-state index is 0.369. The Labute approximate surface area is 130 Å². The highest BCUT2D eigenvalue weighted by atomic mass is 16.6. The van der Waals surface area contributed by atoms with E-state index in [1.165, 1.54) is 7.11 Å². The first-order chi connectivity index (χ1) is 10.7. The second-order valence-corrected chi connectivity index (χ2v) is 4.78. The van der Waals surface area contributed by atoms with Crippen molar-refractivity contribution in [1.82, 2.24) is 0 Å². The van der Waals surface area contributed by atoms with Gasteiger partial charge in [-0.3, -0.25) is 0 Å². The van der Waals surface area contributed by atoms with Crippen molar-refractivity contribution in [1.29, 1.82) is 0 Å². The van der Waals surface area contributed by atoms with E-state index in [1.807, 2.05) is 49.4 Å². The highest BCUT2D eigenvalue weighted by Crippen LogP contribution is 2.20. The monoisotopic (exact) mass is 300 g/mol. The van der Waals surface area contributed by atoms with E-state index >= 15 is 0 Å². The molecular weight excluding hydrogens is 280 g/mol. The number of carbonyl (C=O) groups excluding carboxylic acids is 1. The Morgan fingerprint density at radius 3 is 2.23 bits per heavy atom. The molecule has 0 aliphatic heterocycles. The van der Waals surface area contributed by atoms with Crippen molar-refractivity contribution in [3.05, 3.63) is 60.2 Å². The number of esters is 1. The summed E-state index contributed by atoms with van der Waals surface area (Å²) in [5, 5.41) is 0. The van der Waals surface area contributed by atoms with Crippen LogP contribution >= 0.6 is 0 Å². The Balaban J connectivity index is 1.91. The van der Waals surface area contributed by atoms with Gasteiger partial charge in [0.05, 0.1) is 7.11 Å². The molecule has 4 nitrogen and oxygen atoms in total. The fourth-order valence-corrected chi connectivity index (χ4v) is 1.95. The van der Waals surface area contributed by atoms with Crippen LogP contribution in [0.4, 0.5) is 0 Å². The average molecular weight is 300 g/mol. The van der Waals surface area contributed by atoms with E-state index in [-0.39, 0.29) is 5.97 Å². The van der Waals surface area contributed by atoms with Gasteiger partial charge >= 0.3 is 5.97 Å². The Morgan fingerprint density at radius 1 is 1.00 bits per heavy atom. The van der Waals surface area contributed by atoms with Crippen molar-refractivity contribution in [2.75, 3.05) is 7.11 Å². The summed E-state index contributed by atoms with van der Waals surface area (Å²) in [6.07, 6.45) is -0.0278. The van der Waals surface area contributed by atoms with Gasteiger partial charge in [0.15, 0.2) is 6.10 Å². The molecule has 0 bridgehead atoms. The molecule has 0 radical (unpaired) electrons. The lowest BCUT2D eigenvalue weighted by molar-refractivity contribution is -0.148. The quantitative estimate of drug-likeness (QED) is 0.733. The first kappa shape index (κ1) is 15.9. The summed E-state index contributed by atoms with van der Waals surface area (Å²) in [6, 6.07) is 17.2. The van der Waals surface area contributed by atoms with E-state index < -0.39 is 6.10 Å². The number of rotatable bonds is 7.